The lowest BCUT2D eigenvalue weighted by molar-refractivity contribution is 0.0923. The molecule has 0 atom stereocenters. The fourth-order valence-corrected chi connectivity index (χ4v) is 3.86. The van der Waals surface area contributed by atoms with Crippen LogP contribution < -0.4 is 10.6 Å². The Morgan fingerprint density at radius 1 is 1.32 bits per heavy atom. The first kappa shape index (κ1) is 21.9. The Morgan fingerprint density at radius 3 is 2.65 bits per heavy atom. The quantitative estimate of drug-likeness (QED) is 0.327. The molecule has 0 radical (unpaired) electrons. The van der Waals surface area contributed by atoms with Crippen molar-refractivity contribution >= 4 is 56.0 Å². The van der Waals surface area contributed by atoms with Crippen LogP contribution in [0.5, 0.6) is 0 Å². The van der Waals surface area contributed by atoms with Crippen molar-refractivity contribution in [3.8, 4) is 0 Å². The van der Waals surface area contributed by atoms with Gasteiger partial charge in [0, 0.05) is 6.04 Å². The molecule has 2 N–H and O–H groups in total. The second kappa shape index (κ2) is 7.98. The normalized spacial score (nSPS) is 14.8. The molecule has 2 aromatic heterocycles. The lowest BCUT2D eigenvalue weighted by atomic mass is 10.1. The topological polar surface area (TPSA) is 71.8 Å². The van der Waals surface area contributed by atoms with Crippen molar-refractivity contribution in [2.24, 2.45) is 0 Å². The van der Waals surface area contributed by atoms with E-state index in [9.17, 15) is 18.0 Å². The van der Waals surface area contributed by atoms with Gasteiger partial charge in [-0.15, -0.1) is 0 Å². The standard InChI is InChI=1S/C20H18BrClF3N5O/c1-9(2)30-8-26-12-6-13(21)28-18(17(12)30)27-11-5-10(14(22)16(25)15(11)24)19(31)29-20(7-23)3-4-20/h5-6,8-9H,3-4,7H2,1-2H3,(H,27,28)(H,29,31). The summed E-state index contributed by atoms with van der Waals surface area (Å²) in [6, 6.07) is 2.81. The Labute approximate surface area is 189 Å². The number of carbonyl (C=O) groups excluding carboxylic acids is 1. The average molecular weight is 517 g/mol. The number of imidazole rings is 1. The highest BCUT2D eigenvalue weighted by Gasteiger charge is 2.44. The fourth-order valence-electron chi connectivity index (χ4n) is 3.25. The Bertz CT molecular complexity index is 1200. The summed E-state index contributed by atoms with van der Waals surface area (Å²) in [6.45, 7) is 3.14. The molecule has 164 valence electrons. The third-order valence-corrected chi connectivity index (χ3v) is 5.99. The van der Waals surface area contributed by atoms with Gasteiger partial charge in [0.1, 0.15) is 16.8 Å². The van der Waals surface area contributed by atoms with E-state index in [1.54, 1.807) is 12.4 Å². The zero-order valence-electron chi connectivity index (χ0n) is 16.6. The van der Waals surface area contributed by atoms with Gasteiger partial charge >= 0.3 is 0 Å². The maximum absolute atomic E-state index is 14.7. The van der Waals surface area contributed by atoms with Crippen LogP contribution >= 0.6 is 27.5 Å². The number of hydrogen-bond acceptors (Lipinski definition) is 4. The second-order valence-corrected chi connectivity index (χ2v) is 9.00. The van der Waals surface area contributed by atoms with Gasteiger partial charge in [-0.3, -0.25) is 4.79 Å². The summed E-state index contributed by atoms with van der Waals surface area (Å²) in [5.41, 5.74) is -0.425. The van der Waals surface area contributed by atoms with Crippen LogP contribution in [0.3, 0.4) is 0 Å². The van der Waals surface area contributed by atoms with E-state index in [0.29, 0.717) is 28.5 Å². The van der Waals surface area contributed by atoms with Gasteiger partial charge in [0.25, 0.3) is 5.91 Å². The van der Waals surface area contributed by atoms with Gasteiger partial charge < -0.3 is 15.2 Å². The summed E-state index contributed by atoms with van der Waals surface area (Å²) < 4.78 is 44.7. The zero-order chi connectivity index (χ0) is 22.5. The van der Waals surface area contributed by atoms with Gasteiger partial charge in [0.05, 0.1) is 33.7 Å². The minimum Gasteiger partial charge on any atom is -0.344 e. The maximum Gasteiger partial charge on any atom is 0.253 e. The van der Waals surface area contributed by atoms with Crippen LogP contribution in [0, 0.1) is 11.6 Å². The molecule has 1 aliphatic rings. The molecule has 0 unspecified atom stereocenters. The molecule has 0 aliphatic heterocycles. The minimum absolute atomic E-state index is 0.0251. The number of alkyl halides is 1. The molecule has 1 saturated carbocycles. The van der Waals surface area contributed by atoms with E-state index < -0.39 is 34.8 Å². The second-order valence-electron chi connectivity index (χ2n) is 7.81. The number of amides is 1. The number of aromatic nitrogens is 3. The average Bonchev–Trinajstić information content (AvgIpc) is 3.36. The van der Waals surface area contributed by atoms with Crippen LogP contribution in [-0.2, 0) is 0 Å². The number of hydrogen-bond donors (Lipinski definition) is 2. The number of nitrogens with one attached hydrogen (secondary N) is 2. The number of carbonyl (C=O) groups is 1. The van der Waals surface area contributed by atoms with Crippen LogP contribution in [0.15, 0.2) is 23.1 Å². The van der Waals surface area contributed by atoms with Crippen molar-refractivity contribution < 1.29 is 18.0 Å². The summed E-state index contributed by atoms with van der Waals surface area (Å²) in [5.74, 6) is -3.21. The number of rotatable bonds is 6. The SMILES string of the molecule is CC(C)n1cnc2cc(Br)nc(Nc3cc(C(=O)NC4(CF)CC4)c(Cl)c(F)c3F)c21. The van der Waals surface area contributed by atoms with E-state index in [1.165, 1.54) is 0 Å². The van der Waals surface area contributed by atoms with Crippen molar-refractivity contribution in [3.05, 3.63) is 45.3 Å². The Balaban J connectivity index is 1.78. The summed E-state index contributed by atoms with van der Waals surface area (Å²) >= 11 is 9.18. The summed E-state index contributed by atoms with van der Waals surface area (Å²) in [4.78, 5) is 21.3. The van der Waals surface area contributed by atoms with E-state index in [2.05, 4.69) is 36.5 Å². The number of benzene rings is 1. The van der Waals surface area contributed by atoms with E-state index >= 15 is 0 Å². The minimum atomic E-state index is -1.38. The monoisotopic (exact) mass is 515 g/mol. The van der Waals surface area contributed by atoms with E-state index in [1.807, 2.05) is 18.4 Å². The molecule has 2 heterocycles. The highest BCUT2D eigenvalue weighted by atomic mass is 79.9. The highest BCUT2D eigenvalue weighted by Crippen LogP contribution is 2.38. The van der Waals surface area contributed by atoms with E-state index in [-0.39, 0.29) is 23.1 Å². The lowest BCUT2D eigenvalue weighted by Crippen LogP contribution is -2.38. The first-order chi connectivity index (χ1) is 14.7. The van der Waals surface area contributed by atoms with Gasteiger partial charge in [-0.25, -0.2) is 23.1 Å². The molecule has 1 amide bonds. The van der Waals surface area contributed by atoms with Crippen molar-refractivity contribution in [1.82, 2.24) is 19.9 Å². The molecule has 1 fully saturated rings. The molecule has 6 nitrogen and oxygen atoms in total. The Kier molecular flexibility index (Phi) is 5.63. The fraction of sp³-hybridized carbons (Fsp3) is 0.350. The molecule has 31 heavy (non-hydrogen) atoms. The zero-order valence-corrected chi connectivity index (χ0v) is 18.9. The molecule has 0 bridgehead atoms. The summed E-state index contributed by atoms with van der Waals surface area (Å²) in [7, 11) is 0. The predicted molar refractivity (Wildman–Crippen MR) is 116 cm³/mol. The van der Waals surface area contributed by atoms with Gasteiger partial charge in [-0.2, -0.15) is 0 Å². The number of fused-ring (bicyclic) bond motifs is 1. The van der Waals surface area contributed by atoms with Gasteiger partial charge in [-0.1, -0.05) is 11.6 Å². The molecule has 0 spiro atoms. The van der Waals surface area contributed by atoms with E-state index in [4.69, 9.17) is 11.6 Å². The lowest BCUT2D eigenvalue weighted by Gasteiger charge is -2.17. The van der Waals surface area contributed by atoms with Crippen LogP contribution in [0.1, 0.15) is 43.1 Å². The largest absolute Gasteiger partial charge is 0.344 e. The van der Waals surface area contributed by atoms with Crippen LogP contribution in [0.4, 0.5) is 24.7 Å². The first-order valence-corrected chi connectivity index (χ1v) is 10.7. The Hall–Kier alpha value is -2.33. The number of anilines is 2. The highest BCUT2D eigenvalue weighted by molar-refractivity contribution is 9.10. The number of halogens is 5. The van der Waals surface area contributed by atoms with Gasteiger partial charge in [-0.05, 0) is 54.8 Å². The predicted octanol–water partition coefficient (Wildman–Crippen LogP) is 5.68. The van der Waals surface area contributed by atoms with Gasteiger partial charge in [0.2, 0.25) is 0 Å². The molecule has 3 aromatic rings. The third-order valence-electron chi connectivity index (χ3n) is 5.21. The van der Waals surface area contributed by atoms with Crippen molar-refractivity contribution in [2.75, 3.05) is 12.0 Å². The van der Waals surface area contributed by atoms with Crippen molar-refractivity contribution in [2.45, 2.75) is 38.3 Å². The van der Waals surface area contributed by atoms with Crippen LogP contribution in [0.2, 0.25) is 5.02 Å². The Morgan fingerprint density at radius 2 is 2.03 bits per heavy atom. The van der Waals surface area contributed by atoms with Crippen molar-refractivity contribution in [1.29, 1.82) is 0 Å². The molecular formula is C20H18BrClF3N5O. The molecule has 0 saturated heterocycles. The first-order valence-electron chi connectivity index (χ1n) is 9.52. The maximum atomic E-state index is 14.7. The number of pyridine rings is 1. The number of nitrogens with zero attached hydrogens (tertiary/aromatic N) is 3. The van der Waals surface area contributed by atoms with Gasteiger partial charge in [0.15, 0.2) is 17.5 Å². The molecular weight excluding hydrogens is 499 g/mol. The van der Waals surface area contributed by atoms with E-state index in [0.717, 1.165) is 6.07 Å². The smallest absolute Gasteiger partial charge is 0.253 e. The molecule has 1 aromatic carbocycles. The third kappa shape index (κ3) is 3.98. The van der Waals surface area contributed by atoms with Crippen LogP contribution in [0.25, 0.3) is 11.0 Å². The molecule has 11 heteroatoms. The summed E-state index contributed by atoms with van der Waals surface area (Å²) in [5, 5.41) is 4.61. The van der Waals surface area contributed by atoms with Crippen LogP contribution in [-0.4, -0.2) is 32.7 Å². The molecule has 4 rings (SSSR count). The van der Waals surface area contributed by atoms with Crippen molar-refractivity contribution in [3.63, 3.8) is 0 Å². The summed E-state index contributed by atoms with van der Waals surface area (Å²) in [6.07, 6.45) is 2.57. The molecule has 1 aliphatic carbocycles.